The quantitative estimate of drug-likeness (QED) is 0.457. The molecule has 0 aliphatic carbocycles. The average Bonchev–Trinajstić information content (AvgIpc) is 3.02. The maximum atomic E-state index is 13.2. The van der Waals surface area contributed by atoms with Gasteiger partial charge in [-0.2, -0.15) is 9.78 Å². The number of amidine groups is 1. The Kier molecular flexibility index (Phi) is 4.79. The number of rotatable bonds is 3. The van der Waals surface area contributed by atoms with Crippen LogP contribution in [-0.2, 0) is 0 Å². The van der Waals surface area contributed by atoms with E-state index in [1.54, 1.807) is 36.4 Å². The molecule has 8 nitrogen and oxygen atoms in total. The topological polar surface area (TPSA) is 119 Å². The largest absolute Gasteiger partial charge is 0.499 e. The monoisotopic (exact) mass is 430 g/mol. The molecule has 0 radical (unpaired) electrons. The number of thiophene rings is 1. The molecule has 1 aromatic carbocycles. The summed E-state index contributed by atoms with van der Waals surface area (Å²) in [5, 5.41) is 17.2. The molecule has 0 atom stereocenters. The molecule has 0 spiro atoms. The molecular weight excluding hydrogens is 412 g/mol. The second-order valence-electron chi connectivity index (χ2n) is 6.60. The Labute approximate surface area is 171 Å². The number of fused-ring (bicyclic) bond motifs is 2. The van der Waals surface area contributed by atoms with E-state index in [0.29, 0.717) is 15.9 Å². The van der Waals surface area contributed by atoms with Crippen molar-refractivity contribution in [2.45, 2.75) is 18.7 Å². The molecule has 0 unspecified atom stereocenters. The van der Waals surface area contributed by atoms with Crippen LogP contribution in [0.2, 0.25) is 0 Å². The van der Waals surface area contributed by atoms with Crippen LogP contribution in [0.1, 0.15) is 19.4 Å². The molecule has 150 valence electrons. The summed E-state index contributed by atoms with van der Waals surface area (Å²) in [5.74, 6) is 0.0367. The first kappa shape index (κ1) is 19.4. The van der Waals surface area contributed by atoms with Crippen molar-refractivity contribution in [1.29, 1.82) is 0 Å². The fraction of sp³-hybridized carbons (Fsp3) is 0.105. The van der Waals surface area contributed by atoms with Crippen LogP contribution in [0.3, 0.4) is 0 Å². The predicted octanol–water partition coefficient (Wildman–Crippen LogP) is 4.47. The summed E-state index contributed by atoms with van der Waals surface area (Å²) in [6.45, 7) is 3.81. The molecule has 4 rings (SSSR count). The number of para-hydroxylation sites is 1. The Morgan fingerprint density at radius 1 is 1.28 bits per heavy atom. The number of hydrogen-bond donors (Lipinski definition) is 4. The third-order valence-corrected chi connectivity index (χ3v) is 6.41. The van der Waals surface area contributed by atoms with Crippen molar-refractivity contribution in [1.82, 2.24) is 4.68 Å². The van der Waals surface area contributed by atoms with E-state index in [1.165, 1.54) is 12.3 Å². The zero-order valence-electron chi connectivity index (χ0n) is 15.5. The molecule has 4 N–H and O–H groups in total. The second kappa shape index (κ2) is 7.16. The molecule has 3 heterocycles. The standard InChI is InChI=1S/C19H18N4O4S2/c1-11(2)7-8-20-23-14-10-17(24)28-15(14)9-12(19(23)25)18-21-13-5-3-4-6-16(13)29(26,27)22-18/h3-10,24,26-27H,1-2H3,(H,21,22). The summed E-state index contributed by atoms with van der Waals surface area (Å²) >= 11 is 1.08. The number of allylic oxidation sites excluding steroid dienone is 2. The van der Waals surface area contributed by atoms with Gasteiger partial charge in [0.2, 0.25) is 0 Å². The smallest absolute Gasteiger partial charge is 0.282 e. The van der Waals surface area contributed by atoms with Gasteiger partial charge in [0.25, 0.3) is 5.56 Å². The number of benzene rings is 1. The van der Waals surface area contributed by atoms with Gasteiger partial charge >= 0.3 is 0 Å². The predicted molar refractivity (Wildman–Crippen MR) is 119 cm³/mol. The van der Waals surface area contributed by atoms with Crippen LogP contribution < -0.4 is 10.9 Å². The van der Waals surface area contributed by atoms with E-state index in [-0.39, 0.29) is 21.4 Å². The lowest BCUT2D eigenvalue weighted by molar-refractivity contribution is 0.489. The van der Waals surface area contributed by atoms with Gasteiger partial charge in [-0.25, -0.2) is 0 Å². The van der Waals surface area contributed by atoms with Crippen molar-refractivity contribution >= 4 is 50.1 Å². The SMILES string of the molecule is CC(C)=CC=Nn1c(=O)c(C2=NS(O)(O)c3ccccc3N2)cc2sc(O)cc21. The fourth-order valence-electron chi connectivity index (χ4n) is 2.85. The average molecular weight is 431 g/mol. The number of anilines is 1. The van der Waals surface area contributed by atoms with Crippen molar-refractivity contribution in [3.8, 4) is 5.06 Å². The Morgan fingerprint density at radius 2 is 2.03 bits per heavy atom. The van der Waals surface area contributed by atoms with Crippen molar-refractivity contribution in [3.63, 3.8) is 0 Å². The molecule has 10 heteroatoms. The normalized spacial score (nSPS) is 16.2. The third-order valence-electron chi connectivity index (χ3n) is 4.15. The van der Waals surface area contributed by atoms with Crippen molar-refractivity contribution in [3.05, 3.63) is 64.0 Å². The van der Waals surface area contributed by atoms with E-state index in [2.05, 4.69) is 14.8 Å². The van der Waals surface area contributed by atoms with E-state index in [1.807, 2.05) is 13.8 Å². The number of pyridine rings is 1. The Bertz CT molecular complexity index is 1270. The highest BCUT2D eigenvalue weighted by Crippen LogP contribution is 2.55. The van der Waals surface area contributed by atoms with Gasteiger partial charge in [-0.3, -0.25) is 13.9 Å². The van der Waals surface area contributed by atoms with Gasteiger partial charge in [0.05, 0.1) is 21.5 Å². The fourth-order valence-corrected chi connectivity index (χ4v) is 4.85. The molecule has 0 amide bonds. The van der Waals surface area contributed by atoms with E-state index in [0.717, 1.165) is 21.6 Å². The number of hydrogen-bond acceptors (Lipinski definition) is 8. The van der Waals surface area contributed by atoms with Crippen LogP contribution in [0.5, 0.6) is 5.06 Å². The minimum Gasteiger partial charge on any atom is -0.499 e. The van der Waals surface area contributed by atoms with E-state index in [9.17, 15) is 19.0 Å². The van der Waals surface area contributed by atoms with Gasteiger partial charge in [0.15, 0.2) is 10.9 Å². The van der Waals surface area contributed by atoms with Gasteiger partial charge in [0.1, 0.15) is 4.90 Å². The molecule has 0 fully saturated rings. The summed E-state index contributed by atoms with van der Waals surface area (Å²) in [6.07, 6.45) is 3.24. The van der Waals surface area contributed by atoms with Gasteiger partial charge in [-0.05, 0) is 38.1 Å². The number of nitrogens with one attached hydrogen (secondary N) is 1. The summed E-state index contributed by atoms with van der Waals surface area (Å²) in [5.41, 5.74) is 1.53. The number of aromatic hydroxyl groups is 1. The highest BCUT2D eigenvalue weighted by molar-refractivity contribution is 8.23. The molecule has 1 aliphatic heterocycles. The van der Waals surface area contributed by atoms with E-state index < -0.39 is 16.3 Å². The van der Waals surface area contributed by atoms with Gasteiger partial charge < -0.3 is 10.4 Å². The van der Waals surface area contributed by atoms with Crippen LogP contribution in [0.25, 0.3) is 10.2 Å². The van der Waals surface area contributed by atoms with Crippen molar-refractivity contribution in [2.24, 2.45) is 9.50 Å². The summed E-state index contributed by atoms with van der Waals surface area (Å²) in [6, 6.07) is 9.70. The van der Waals surface area contributed by atoms with E-state index in [4.69, 9.17) is 0 Å². The van der Waals surface area contributed by atoms with Crippen LogP contribution >= 0.6 is 22.1 Å². The molecule has 29 heavy (non-hydrogen) atoms. The van der Waals surface area contributed by atoms with Gasteiger partial charge in [-0.1, -0.05) is 39.8 Å². The first-order chi connectivity index (χ1) is 13.8. The number of aromatic nitrogens is 1. The van der Waals surface area contributed by atoms with Gasteiger partial charge in [0, 0.05) is 12.3 Å². The highest BCUT2D eigenvalue weighted by Gasteiger charge is 2.28. The molecule has 3 aromatic rings. The minimum absolute atomic E-state index is 0.0367. The second-order valence-corrected chi connectivity index (χ2v) is 9.32. The lowest BCUT2D eigenvalue weighted by atomic mass is 10.2. The Balaban J connectivity index is 1.92. The van der Waals surface area contributed by atoms with Crippen molar-refractivity contribution in [2.75, 3.05) is 5.32 Å². The maximum Gasteiger partial charge on any atom is 0.282 e. The number of nitrogens with zero attached hydrogens (tertiary/aromatic N) is 3. The Hall–Kier alpha value is -2.92. The van der Waals surface area contributed by atoms with Crippen molar-refractivity contribution < 1.29 is 14.2 Å². The molecule has 0 saturated carbocycles. The molecule has 2 aromatic heterocycles. The third kappa shape index (κ3) is 3.58. The van der Waals surface area contributed by atoms with Crippen LogP contribution in [0.15, 0.2) is 67.2 Å². The summed E-state index contributed by atoms with van der Waals surface area (Å²) < 4.78 is 26.7. The van der Waals surface area contributed by atoms with Crippen LogP contribution in [0.4, 0.5) is 5.69 Å². The van der Waals surface area contributed by atoms with Crippen LogP contribution in [0, 0.1) is 0 Å². The van der Waals surface area contributed by atoms with Gasteiger partial charge in [-0.15, -0.1) is 4.40 Å². The lowest BCUT2D eigenvalue weighted by Gasteiger charge is -2.33. The zero-order chi connectivity index (χ0) is 20.8. The molecule has 0 saturated heterocycles. The summed E-state index contributed by atoms with van der Waals surface area (Å²) in [7, 11) is -3.46. The first-order valence-electron chi connectivity index (χ1n) is 8.57. The minimum atomic E-state index is -3.46. The lowest BCUT2D eigenvalue weighted by Crippen LogP contribution is -2.30. The molecule has 1 aliphatic rings. The molecule has 0 bridgehead atoms. The van der Waals surface area contributed by atoms with Crippen LogP contribution in [-0.4, -0.2) is 30.9 Å². The highest BCUT2D eigenvalue weighted by atomic mass is 32.3. The Morgan fingerprint density at radius 3 is 2.79 bits per heavy atom. The summed E-state index contributed by atoms with van der Waals surface area (Å²) in [4.78, 5) is 13.4. The first-order valence-corrected chi connectivity index (χ1v) is 10.9. The maximum absolute atomic E-state index is 13.2. The zero-order valence-corrected chi connectivity index (χ0v) is 17.2. The molecular formula is C19H18N4O4S2. The van der Waals surface area contributed by atoms with E-state index >= 15 is 0 Å².